The Bertz CT molecular complexity index is 802. The molecule has 0 spiro atoms. The second-order valence-corrected chi connectivity index (χ2v) is 7.01. The van der Waals surface area contributed by atoms with Crippen molar-refractivity contribution in [1.29, 1.82) is 0 Å². The Hall–Kier alpha value is -1.14. The molecule has 0 saturated heterocycles. The number of benzene rings is 2. The molecule has 4 rings (SSSR count). The molecule has 3 heteroatoms. The van der Waals surface area contributed by atoms with Crippen molar-refractivity contribution in [2.45, 2.75) is 27.7 Å². The number of hydrogen-bond acceptors (Lipinski definition) is 0. The Balaban J connectivity index is 0.000000490. The molecule has 0 aromatic heterocycles. The minimum absolute atomic E-state index is 0. The van der Waals surface area contributed by atoms with E-state index in [4.69, 9.17) is 0 Å². The fourth-order valence-corrected chi connectivity index (χ4v) is 3.53. The second-order valence-electron chi connectivity index (χ2n) is 7.01. The van der Waals surface area contributed by atoms with Gasteiger partial charge in [0.15, 0.2) is 0 Å². The largest absolute Gasteiger partial charge is 4.00 e. The second kappa shape index (κ2) is 13.2. The number of halogens is 2. The van der Waals surface area contributed by atoms with Crippen LogP contribution >= 0.6 is 0 Å². The van der Waals surface area contributed by atoms with Crippen LogP contribution in [-0.2, 0) is 26.2 Å². The van der Waals surface area contributed by atoms with Gasteiger partial charge in [0.25, 0.3) is 0 Å². The van der Waals surface area contributed by atoms with E-state index in [0.717, 1.165) is 0 Å². The molecule has 0 amide bonds. The van der Waals surface area contributed by atoms with E-state index < -0.39 is 0 Å². The predicted molar refractivity (Wildman–Crippen MR) is 112 cm³/mol. The van der Waals surface area contributed by atoms with Gasteiger partial charge in [0, 0.05) is 0 Å². The van der Waals surface area contributed by atoms with Crippen LogP contribution in [0, 0.1) is 24.0 Å². The summed E-state index contributed by atoms with van der Waals surface area (Å²) in [5.41, 5.74) is 7.84. The Labute approximate surface area is 207 Å². The first kappa shape index (κ1) is 27.9. The summed E-state index contributed by atoms with van der Waals surface area (Å²) in [6.07, 6.45) is 11.3. The molecule has 2 aliphatic carbocycles. The molecular weight excluding hydrogens is 474 g/mol. The van der Waals surface area contributed by atoms with Gasteiger partial charge in [-0.2, -0.15) is 23.3 Å². The molecule has 29 heavy (non-hydrogen) atoms. The molecule has 0 saturated carbocycles. The molecule has 0 aliphatic heterocycles. The third-order valence-electron chi connectivity index (χ3n) is 4.70. The van der Waals surface area contributed by atoms with Gasteiger partial charge in [0.1, 0.15) is 0 Å². The molecule has 0 radical (unpaired) electrons. The summed E-state index contributed by atoms with van der Waals surface area (Å²) >= 11 is 0. The van der Waals surface area contributed by atoms with Gasteiger partial charge in [0.05, 0.1) is 0 Å². The number of rotatable bonds is 2. The molecule has 0 bridgehead atoms. The molecule has 2 atom stereocenters. The zero-order chi connectivity index (χ0) is 18.5. The first-order valence-electron chi connectivity index (χ1n) is 9.30. The van der Waals surface area contributed by atoms with E-state index >= 15 is 0 Å². The fourth-order valence-electron chi connectivity index (χ4n) is 3.53. The third-order valence-corrected chi connectivity index (χ3v) is 4.70. The molecule has 2 aromatic carbocycles. The Morgan fingerprint density at radius 1 is 0.586 bits per heavy atom. The van der Waals surface area contributed by atoms with Gasteiger partial charge in [-0.1, -0.05) is 100 Å². The van der Waals surface area contributed by atoms with Crippen molar-refractivity contribution in [2.24, 2.45) is 11.8 Å². The minimum Gasteiger partial charge on any atom is -1.00 e. The van der Waals surface area contributed by atoms with Gasteiger partial charge in [-0.25, -0.2) is 11.1 Å². The van der Waals surface area contributed by atoms with Crippen LogP contribution in [0.3, 0.4) is 0 Å². The maximum atomic E-state index is 3.39. The van der Waals surface area contributed by atoms with E-state index in [9.17, 15) is 0 Å². The number of hydrogen-bond donors (Lipinski definition) is 0. The van der Waals surface area contributed by atoms with Crippen molar-refractivity contribution >= 4 is 11.1 Å². The number of allylic oxidation sites excluding steroid dienone is 8. The van der Waals surface area contributed by atoms with E-state index in [1.165, 1.54) is 33.4 Å². The normalized spacial score (nSPS) is 19.0. The molecule has 0 heterocycles. The van der Waals surface area contributed by atoms with Crippen LogP contribution in [-0.4, -0.2) is 0 Å². The van der Waals surface area contributed by atoms with Gasteiger partial charge in [-0.3, -0.25) is 12.2 Å². The summed E-state index contributed by atoms with van der Waals surface area (Å²) in [5, 5.41) is 0. The smallest absolute Gasteiger partial charge is 1.00 e. The van der Waals surface area contributed by atoms with E-state index in [0.29, 0.717) is 11.8 Å². The summed E-state index contributed by atoms with van der Waals surface area (Å²) in [6.45, 7) is 8.59. The van der Waals surface area contributed by atoms with Gasteiger partial charge in [-0.05, 0) is 0 Å². The average molecular weight is 501 g/mol. The predicted octanol–water partition coefficient (Wildman–Crippen LogP) is 0.944. The van der Waals surface area contributed by atoms with E-state index in [1.807, 2.05) is 12.1 Å². The molecule has 2 aliphatic rings. The SMILES string of the molecule is CC1=[C-]C(C)C=C1c1ccccc1.CC1=[C-]C(C)C=C1c1ccccc1.[Cl-].[Cl-].[Zr+4]. The van der Waals surface area contributed by atoms with Crippen molar-refractivity contribution in [3.63, 3.8) is 0 Å². The Morgan fingerprint density at radius 2 is 0.897 bits per heavy atom. The molecule has 0 N–H and O–H groups in total. The summed E-state index contributed by atoms with van der Waals surface area (Å²) in [5.74, 6) is 0.936. The standard InChI is InChI=1S/2C13H13.2ClH.Zr/c2*1-10-8-11(2)13(9-10)12-6-4-3-5-7-12;;;/h2*3-7,9-10H,1-2H3;2*1H;/q2*-1;;;+4/p-2. The topological polar surface area (TPSA) is 0 Å². The van der Waals surface area contributed by atoms with Crippen LogP contribution in [0.1, 0.15) is 38.8 Å². The monoisotopic (exact) mass is 498 g/mol. The van der Waals surface area contributed by atoms with Crippen LogP contribution in [0.5, 0.6) is 0 Å². The van der Waals surface area contributed by atoms with Gasteiger partial charge >= 0.3 is 26.2 Å². The fraction of sp³-hybridized carbons (Fsp3) is 0.231. The maximum absolute atomic E-state index is 3.39. The van der Waals surface area contributed by atoms with Gasteiger partial charge in [0.2, 0.25) is 0 Å². The Kier molecular flexibility index (Phi) is 12.7. The van der Waals surface area contributed by atoms with Crippen LogP contribution in [0.4, 0.5) is 0 Å². The van der Waals surface area contributed by atoms with E-state index in [2.05, 4.69) is 101 Å². The molecular formula is C26H26Cl2Zr. The van der Waals surface area contributed by atoms with E-state index in [1.54, 1.807) is 0 Å². The van der Waals surface area contributed by atoms with Gasteiger partial charge < -0.3 is 24.8 Å². The van der Waals surface area contributed by atoms with Crippen LogP contribution in [0.25, 0.3) is 11.1 Å². The quantitative estimate of drug-likeness (QED) is 0.539. The van der Waals surface area contributed by atoms with Crippen LogP contribution < -0.4 is 24.8 Å². The van der Waals surface area contributed by atoms with Crippen molar-refractivity contribution < 1.29 is 51.0 Å². The molecule has 2 unspecified atom stereocenters. The first-order valence-corrected chi connectivity index (χ1v) is 9.30. The summed E-state index contributed by atoms with van der Waals surface area (Å²) in [6, 6.07) is 21.0. The van der Waals surface area contributed by atoms with Crippen LogP contribution in [0.15, 0.2) is 84.0 Å². The van der Waals surface area contributed by atoms with Crippen molar-refractivity contribution in [3.05, 3.63) is 107 Å². The third kappa shape index (κ3) is 7.56. The molecule has 0 nitrogen and oxygen atoms in total. The summed E-state index contributed by atoms with van der Waals surface area (Å²) in [4.78, 5) is 0. The van der Waals surface area contributed by atoms with Crippen LogP contribution in [0.2, 0.25) is 0 Å². The molecule has 148 valence electrons. The summed E-state index contributed by atoms with van der Waals surface area (Å²) in [7, 11) is 0. The Morgan fingerprint density at radius 3 is 1.14 bits per heavy atom. The van der Waals surface area contributed by atoms with E-state index in [-0.39, 0.29) is 51.0 Å². The molecule has 2 aromatic rings. The minimum atomic E-state index is 0. The molecule has 0 fully saturated rings. The van der Waals surface area contributed by atoms with Crippen molar-refractivity contribution in [1.82, 2.24) is 0 Å². The maximum Gasteiger partial charge on any atom is 4.00 e. The van der Waals surface area contributed by atoms with Gasteiger partial charge in [-0.15, -0.1) is 11.1 Å². The van der Waals surface area contributed by atoms with Crippen molar-refractivity contribution in [3.8, 4) is 0 Å². The van der Waals surface area contributed by atoms with Crippen molar-refractivity contribution in [2.75, 3.05) is 0 Å². The summed E-state index contributed by atoms with van der Waals surface area (Å²) < 4.78 is 0. The zero-order valence-corrected chi connectivity index (χ0v) is 21.3. The first-order chi connectivity index (χ1) is 12.5. The average Bonchev–Trinajstić information content (AvgIpc) is 3.17. The zero-order valence-electron chi connectivity index (χ0n) is 17.3.